The number of carbonyl (C=O) groups excluding carboxylic acids is 1. The molecular formula is C25H21N3O4. The van der Waals surface area contributed by atoms with Crippen LogP contribution in [0.5, 0.6) is 0 Å². The summed E-state index contributed by atoms with van der Waals surface area (Å²) in [7, 11) is 3.41. The molecule has 0 spiro atoms. The zero-order valence-corrected chi connectivity index (χ0v) is 17.7. The van der Waals surface area contributed by atoms with Crippen LogP contribution >= 0.6 is 0 Å². The average Bonchev–Trinajstić information content (AvgIpc) is 2.79. The van der Waals surface area contributed by atoms with Gasteiger partial charge in [0.1, 0.15) is 0 Å². The predicted molar refractivity (Wildman–Crippen MR) is 124 cm³/mol. The van der Waals surface area contributed by atoms with E-state index in [9.17, 15) is 19.7 Å². The number of aromatic nitrogens is 1. The number of hydrogen-bond acceptors (Lipinski definition) is 5. The highest BCUT2D eigenvalue weighted by Gasteiger charge is 2.25. The molecule has 1 heterocycles. The van der Waals surface area contributed by atoms with Gasteiger partial charge >= 0.3 is 0 Å². The SMILES string of the molecule is CN(C)n1c(Cc2ccccc2)c(C(=O)c2ccccc2)c2ccc([N+](=O)[O-])cc2c1=O. The number of hydrogen-bond donors (Lipinski definition) is 0. The average molecular weight is 427 g/mol. The molecule has 160 valence electrons. The largest absolute Gasteiger partial charge is 0.316 e. The Morgan fingerprint density at radius 1 is 0.938 bits per heavy atom. The van der Waals surface area contributed by atoms with Gasteiger partial charge in [0.25, 0.3) is 11.2 Å². The molecule has 0 aliphatic carbocycles. The van der Waals surface area contributed by atoms with Gasteiger partial charge in [-0.15, -0.1) is 0 Å². The molecule has 0 aliphatic heterocycles. The molecule has 0 atom stereocenters. The number of nitro groups is 1. The maximum atomic E-state index is 13.7. The fraction of sp³-hybridized carbons (Fsp3) is 0.120. The van der Waals surface area contributed by atoms with E-state index in [0.717, 1.165) is 5.56 Å². The quantitative estimate of drug-likeness (QED) is 0.264. The molecule has 4 rings (SSSR count). The van der Waals surface area contributed by atoms with Crippen LogP contribution in [0, 0.1) is 10.1 Å². The Morgan fingerprint density at radius 3 is 2.16 bits per heavy atom. The minimum absolute atomic E-state index is 0.129. The van der Waals surface area contributed by atoms with Crippen molar-refractivity contribution >= 4 is 22.2 Å². The molecule has 0 amide bonds. The van der Waals surface area contributed by atoms with Crippen molar-refractivity contribution in [1.82, 2.24) is 4.68 Å². The summed E-state index contributed by atoms with van der Waals surface area (Å²) in [5, 5.41) is 13.5. The van der Waals surface area contributed by atoms with Crippen molar-refractivity contribution in [2.45, 2.75) is 6.42 Å². The first-order chi connectivity index (χ1) is 15.4. The van der Waals surface area contributed by atoms with Crippen molar-refractivity contribution in [2.75, 3.05) is 19.1 Å². The fourth-order valence-electron chi connectivity index (χ4n) is 3.90. The van der Waals surface area contributed by atoms with Crippen molar-refractivity contribution < 1.29 is 9.72 Å². The van der Waals surface area contributed by atoms with Crippen molar-refractivity contribution in [3.63, 3.8) is 0 Å². The number of ketones is 1. The molecule has 32 heavy (non-hydrogen) atoms. The van der Waals surface area contributed by atoms with Crippen molar-refractivity contribution in [3.8, 4) is 0 Å². The van der Waals surface area contributed by atoms with Gasteiger partial charge in [0, 0.05) is 43.6 Å². The normalized spacial score (nSPS) is 10.8. The number of nitro benzene ring substituents is 1. The number of fused-ring (bicyclic) bond motifs is 1. The molecule has 0 radical (unpaired) electrons. The molecule has 7 nitrogen and oxygen atoms in total. The van der Waals surface area contributed by atoms with Gasteiger partial charge in [0.15, 0.2) is 5.78 Å². The van der Waals surface area contributed by atoms with Crippen LogP contribution in [-0.2, 0) is 6.42 Å². The van der Waals surface area contributed by atoms with Crippen LogP contribution in [0.4, 0.5) is 5.69 Å². The van der Waals surface area contributed by atoms with Crippen molar-refractivity contribution in [1.29, 1.82) is 0 Å². The highest BCUT2D eigenvalue weighted by atomic mass is 16.6. The molecule has 0 aliphatic rings. The molecule has 0 saturated carbocycles. The topological polar surface area (TPSA) is 85.4 Å². The summed E-state index contributed by atoms with van der Waals surface area (Å²) in [6, 6.07) is 22.4. The van der Waals surface area contributed by atoms with Gasteiger partial charge in [-0.2, -0.15) is 0 Å². The lowest BCUT2D eigenvalue weighted by Gasteiger charge is -2.24. The first kappa shape index (κ1) is 21.0. The molecule has 0 fully saturated rings. The van der Waals surface area contributed by atoms with Crippen molar-refractivity contribution in [2.24, 2.45) is 0 Å². The van der Waals surface area contributed by atoms with Crippen LogP contribution in [-0.4, -0.2) is 29.5 Å². The van der Waals surface area contributed by atoms with Gasteiger partial charge in [-0.3, -0.25) is 19.7 Å². The lowest BCUT2D eigenvalue weighted by molar-refractivity contribution is -0.384. The predicted octanol–water partition coefficient (Wildman–Crippen LogP) is 3.93. The van der Waals surface area contributed by atoms with Gasteiger partial charge in [-0.25, -0.2) is 4.68 Å². The summed E-state index contributed by atoms with van der Waals surface area (Å²) in [4.78, 5) is 38.0. The Labute approximate surface area is 184 Å². The number of pyridine rings is 1. The molecule has 4 aromatic rings. The van der Waals surface area contributed by atoms with E-state index >= 15 is 0 Å². The van der Waals surface area contributed by atoms with Gasteiger partial charge < -0.3 is 5.01 Å². The summed E-state index contributed by atoms with van der Waals surface area (Å²) < 4.78 is 1.43. The minimum atomic E-state index is -0.546. The Balaban J connectivity index is 2.11. The molecule has 0 saturated heterocycles. The summed E-state index contributed by atoms with van der Waals surface area (Å²) in [5.74, 6) is -0.244. The highest BCUT2D eigenvalue weighted by molar-refractivity contribution is 6.17. The third-order valence-electron chi connectivity index (χ3n) is 5.33. The Morgan fingerprint density at radius 2 is 1.56 bits per heavy atom. The molecule has 7 heteroatoms. The number of nitrogens with zero attached hydrogens (tertiary/aromatic N) is 3. The van der Waals surface area contributed by atoms with Crippen LogP contribution < -0.4 is 10.6 Å². The van der Waals surface area contributed by atoms with Gasteiger partial charge in [0.2, 0.25) is 0 Å². The summed E-state index contributed by atoms with van der Waals surface area (Å²) >= 11 is 0. The summed E-state index contributed by atoms with van der Waals surface area (Å²) in [6.45, 7) is 0. The van der Waals surface area contributed by atoms with E-state index < -0.39 is 10.5 Å². The zero-order chi connectivity index (χ0) is 22.8. The summed E-state index contributed by atoms with van der Waals surface area (Å²) in [5.41, 5.74) is 1.69. The fourth-order valence-corrected chi connectivity index (χ4v) is 3.90. The van der Waals surface area contributed by atoms with E-state index in [-0.39, 0.29) is 16.9 Å². The molecular weight excluding hydrogens is 406 g/mol. The Hall–Kier alpha value is -4.26. The van der Waals surface area contributed by atoms with Crippen molar-refractivity contribution in [3.05, 3.63) is 122 Å². The van der Waals surface area contributed by atoms with Crippen LogP contribution in [0.2, 0.25) is 0 Å². The molecule has 0 bridgehead atoms. The monoisotopic (exact) mass is 427 g/mol. The highest BCUT2D eigenvalue weighted by Crippen LogP contribution is 2.28. The second-order valence-electron chi connectivity index (χ2n) is 7.63. The van der Waals surface area contributed by atoms with Crippen LogP contribution in [0.3, 0.4) is 0 Å². The van der Waals surface area contributed by atoms with E-state index in [1.165, 1.54) is 22.9 Å². The third kappa shape index (κ3) is 3.76. The van der Waals surface area contributed by atoms with Crippen LogP contribution in [0.25, 0.3) is 10.8 Å². The number of carbonyl (C=O) groups is 1. The van der Waals surface area contributed by atoms with Crippen LogP contribution in [0.1, 0.15) is 27.2 Å². The first-order valence-corrected chi connectivity index (χ1v) is 10.1. The van der Waals surface area contributed by atoms with Gasteiger partial charge in [-0.1, -0.05) is 60.7 Å². The van der Waals surface area contributed by atoms with E-state index in [0.29, 0.717) is 28.6 Å². The minimum Gasteiger partial charge on any atom is -0.316 e. The summed E-state index contributed by atoms with van der Waals surface area (Å²) in [6.07, 6.45) is 0.342. The molecule has 1 aromatic heterocycles. The third-order valence-corrected chi connectivity index (χ3v) is 5.33. The van der Waals surface area contributed by atoms with Gasteiger partial charge in [0.05, 0.1) is 21.6 Å². The molecule has 0 unspecified atom stereocenters. The van der Waals surface area contributed by atoms with E-state index in [1.54, 1.807) is 43.4 Å². The maximum absolute atomic E-state index is 13.7. The maximum Gasteiger partial charge on any atom is 0.277 e. The lowest BCUT2D eigenvalue weighted by Crippen LogP contribution is -2.40. The van der Waals surface area contributed by atoms with E-state index in [4.69, 9.17) is 0 Å². The second kappa shape index (κ2) is 8.47. The first-order valence-electron chi connectivity index (χ1n) is 10.1. The van der Waals surface area contributed by atoms with Crippen LogP contribution in [0.15, 0.2) is 83.7 Å². The zero-order valence-electron chi connectivity index (χ0n) is 17.7. The van der Waals surface area contributed by atoms with E-state index in [1.807, 2.05) is 36.4 Å². The number of non-ortho nitro benzene ring substituents is 1. The lowest BCUT2D eigenvalue weighted by atomic mass is 9.93. The van der Waals surface area contributed by atoms with E-state index in [2.05, 4.69) is 0 Å². The number of rotatable bonds is 6. The second-order valence-corrected chi connectivity index (χ2v) is 7.63. The Bertz CT molecular complexity index is 1380. The Kier molecular flexibility index (Phi) is 5.55. The molecule has 0 N–H and O–H groups in total. The number of benzene rings is 3. The van der Waals surface area contributed by atoms with Gasteiger partial charge in [-0.05, 0) is 11.6 Å². The molecule has 3 aromatic carbocycles. The smallest absolute Gasteiger partial charge is 0.277 e. The standard InChI is InChI=1S/C25H21N3O4/c1-26(2)27-22(15-17-9-5-3-6-10-17)23(24(29)18-11-7-4-8-12-18)20-14-13-19(28(31)32)16-21(20)25(27)30/h3-14,16H,15H2,1-2H3.